The van der Waals surface area contributed by atoms with Crippen LogP contribution in [0.15, 0.2) is 79.0 Å². The molecule has 1 aromatic heterocycles. The number of rotatable bonds is 5. The van der Waals surface area contributed by atoms with Crippen LogP contribution < -0.4 is 5.32 Å². The molecule has 1 aliphatic carbocycles. The lowest BCUT2D eigenvalue weighted by atomic mass is 9.88. The number of benzene rings is 3. The number of hydrogen-bond acceptors (Lipinski definition) is 2. The Hall–Kier alpha value is -3.40. The van der Waals surface area contributed by atoms with Crippen molar-refractivity contribution in [3.8, 4) is 16.9 Å². The van der Waals surface area contributed by atoms with Gasteiger partial charge in [0.2, 0.25) is 5.91 Å². The summed E-state index contributed by atoms with van der Waals surface area (Å²) in [6, 6.07) is 24.9. The van der Waals surface area contributed by atoms with Gasteiger partial charge in [-0.05, 0) is 41.8 Å². The van der Waals surface area contributed by atoms with Crippen LogP contribution in [-0.2, 0) is 11.3 Å². The zero-order valence-electron chi connectivity index (χ0n) is 17.6. The van der Waals surface area contributed by atoms with Gasteiger partial charge in [-0.3, -0.25) is 4.79 Å². The lowest BCUT2D eigenvalue weighted by molar-refractivity contribution is -0.126. The second-order valence-electron chi connectivity index (χ2n) is 8.40. The van der Waals surface area contributed by atoms with E-state index in [2.05, 4.69) is 47.8 Å². The van der Waals surface area contributed by atoms with E-state index >= 15 is 0 Å². The minimum Gasteiger partial charge on any atom is -0.352 e. The average Bonchev–Trinajstić information content (AvgIpc) is 3.27. The van der Waals surface area contributed by atoms with Crippen molar-refractivity contribution in [2.45, 2.75) is 38.6 Å². The number of nitrogens with one attached hydrogen (secondary N) is 1. The van der Waals surface area contributed by atoms with Gasteiger partial charge in [0.25, 0.3) is 0 Å². The van der Waals surface area contributed by atoms with Crippen molar-refractivity contribution < 1.29 is 4.79 Å². The van der Waals surface area contributed by atoms with E-state index in [0.29, 0.717) is 6.54 Å². The minimum atomic E-state index is 0.155. The van der Waals surface area contributed by atoms with Crippen molar-refractivity contribution in [2.24, 2.45) is 5.92 Å². The number of hydrogen-bond donors (Lipinski definition) is 1. The van der Waals surface area contributed by atoms with Gasteiger partial charge in [0.05, 0.1) is 11.4 Å². The summed E-state index contributed by atoms with van der Waals surface area (Å²) in [4.78, 5) is 12.7. The molecular formula is C27H27N3O. The smallest absolute Gasteiger partial charge is 0.223 e. The maximum atomic E-state index is 12.7. The summed E-state index contributed by atoms with van der Waals surface area (Å²) >= 11 is 0. The molecule has 5 rings (SSSR count). The van der Waals surface area contributed by atoms with Gasteiger partial charge in [0.1, 0.15) is 0 Å². The van der Waals surface area contributed by atoms with Crippen molar-refractivity contribution in [1.29, 1.82) is 0 Å². The van der Waals surface area contributed by atoms with Crippen LogP contribution in [0.4, 0.5) is 0 Å². The topological polar surface area (TPSA) is 46.9 Å². The number of amides is 1. The summed E-state index contributed by atoms with van der Waals surface area (Å²) in [5, 5.41) is 10.5. The Morgan fingerprint density at radius 1 is 0.903 bits per heavy atom. The number of aromatic nitrogens is 2. The zero-order valence-corrected chi connectivity index (χ0v) is 17.6. The molecule has 0 saturated heterocycles. The van der Waals surface area contributed by atoms with Gasteiger partial charge >= 0.3 is 0 Å². The first-order valence-corrected chi connectivity index (χ1v) is 11.2. The Labute approximate surface area is 182 Å². The third kappa shape index (κ3) is 4.24. The Kier molecular flexibility index (Phi) is 5.53. The molecule has 0 unspecified atom stereocenters. The highest BCUT2D eigenvalue weighted by Crippen LogP contribution is 2.28. The highest BCUT2D eigenvalue weighted by molar-refractivity contribution is 5.87. The molecule has 1 aliphatic rings. The van der Waals surface area contributed by atoms with Crippen molar-refractivity contribution in [3.05, 3.63) is 84.6 Å². The SMILES string of the molecule is O=C(NCc1cn(-c2ccccc2)nc1-c1ccc2ccccc2c1)C1CCCCC1. The first-order chi connectivity index (χ1) is 15.3. The molecule has 1 amide bonds. The fourth-order valence-electron chi connectivity index (χ4n) is 4.52. The van der Waals surface area contributed by atoms with E-state index in [1.165, 1.54) is 17.2 Å². The number of carbonyl (C=O) groups is 1. The first-order valence-electron chi connectivity index (χ1n) is 11.2. The largest absolute Gasteiger partial charge is 0.352 e. The van der Waals surface area contributed by atoms with Crippen molar-refractivity contribution in [3.63, 3.8) is 0 Å². The van der Waals surface area contributed by atoms with E-state index in [4.69, 9.17) is 5.10 Å². The van der Waals surface area contributed by atoms with Gasteiger partial charge < -0.3 is 5.32 Å². The molecule has 4 aromatic rings. The van der Waals surface area contributed by atoms with E-state index in [1.807, 2.05) is 41.2 Å². The molecule has 0 bridgehead atoms. The van der Waals surface area contributed by atoms with Crippen molar-refractivity contribution >= 4 is 16.7 Å². The van der Waals surface area contributed by atoms with Crippen LogP contribution in [0.5, 0.6) is 0 Å². The third-order valence-electron chi connectivity index (χ3n) is 6.26. The van der Waals surface area contributed by atoms with Gasteiger partial charge in [-0.25, -0.2) is 4.68 Å². The normalized spacial score (nSPS) is 14.6. The molecular weight excluding hydrogens is 382 g/mol. The second-order valence-corrected chi connectivity index (χ2v) is 8.40. The van der Waals surface area contributed by atoms with E-state index in [9.17, 15) is 4.79 Å². The Morgan fingerprint density at radius 3 is 2.45 bits per heavy atom. The molecule has 0 spiro atoms. The number of carbonyl (C=O) groups excluding carboxylic acids is 1. The van der Waals surface area contributed by atoms with Crippen LogP contribution in [0, 0.1) is 5.92 Å². The highest BCUT2D eigenvalue weighted by Gasteiger charge is 2.21. The highest BCUT2D eigenvalue weighted by atomic mass is 16.1. The summed E-state index contributed by atoms with van der Waals surface area (Å²) in [5.41, 5.74) is 4.02. The number of para-hydroxylation sites is 1. The summed E-state index contributed by atoms with van der Waals surface area (Å²) in [5.74, 6) is 0.332. The van der Waals surface area contributed by atoms with Crippen LogP contribution in [-0.4, -0.2) is 15.7 Å². The average molecular weight is 410 g/mol. The van der Waals surface area contributed by atoms with Crippen LogP contribution in [0.25, 0.3) is 27.7 Å². The predicted molar refractivity (Wildman–Crippen MR) is 125 cm³/mol. The second kappa shape index (κ2) is 8.76. The Morgan fingerprint density at radius 2 is 1.65 bits per heavy atom. The molecule has 1 N–H and O–H groups in total. The van der Waals surface area contributed by atoms with Crippen LogP contribution in [0.3, 0.4) is 0 Å². The first kappa shape index (κ1) is 19.6. The molecule has 4 heteroatoms. The van der Waals surface area contributed by atoms with Gasteiger partial charge in [0, 0.05) is 29.8 Å². The van der Waals surface area contributed by atoms with Crippen LogP contribution in [0.1, 0.15) is 37.7 Å². The molecule has 1 saturated carbocycles. The van der Waals surface area contributed by atoms with Gasteiger partial charge in [-0.1, -0.05) is 73.9 Å². The molecule has 1 fully saturated rings. The number of fused-ring (bicyclic) bond motifs is 1. The monoisotopic (exact) mass is 409 g/mol. The summed E-state index contributed by atoms with van der Waals surface area (Å²) in [7, 11) is 0. The predicted octanol–water partition coefficient (Wildman–Crippen LogP) is 5.89. The molecule has 0 aliphatic heterocycles. The molecule has 1 heterocycles. The summed E-state index contributed by atoms with van der Waals surface area (Å²) < 4.78 is 1.91. The third-order valence-corrected chi connectivity index (χ3v) is 6.26. The van der Waals surface area contributed by atoms with E-state index in [0.717, 1.165) is 48.2 Å². The van der Waals surface area contributed by atoms with Crippen LogP contribution >= 0.6 is 0 Å². The number of nitrogens with zero attached hydrogens (tertiary/aromatic N) is 2. The van der Waals surface area contributed by atoms with E-state index < -0.39 is 0 Å². The molecule has 4 nitrogen and oxygen atoms in total. The Bertz CT molecular complexity index is 1190. The molecule has 156 valence electrons. The van der Waals surface area contributed by atoms with E-state index in [-0.39, 0.29) is 11.8 Å². The van der Waals surface area contributed by atoms with Gasteiger partial charge in [-0.2, -0.15) is 5.10 Å². The van der Waals surface area contributed by atoms with Gasteiger partial charge in [-0.15, -0.1) is 0 Å². The maximum absolute atomic E-state index is 12.7. The molecule has 0 radical (unpaired) electrons. The van der Waals surface area contributed by atoms with Crippen molar-refractivity contribution in [2.75, 3.05) is 0 Å². The minimum absolute atomic E-state index is 0.155. The fourth-order valence-corrected chi connectivity index (χ4v) is 4.52. The maximum Gasteiger partial charge on any atom is 0.223 e. The zero-order chi connectivity index (χ0) is 21.0. The molecule has 3 aromatic carbocycles. The molecule has 0 atom stereocenters. The van der Waals surface area contributed by atoms with E-state index in [1.54, 1.807) is 0 Å². The standard InChI is InChI=1S/C27H27N3O/c31-27(21-10-3-1-4-11-21)28-18-24-19-30(25-13-5-2-6-14-25)29-26(24)23-16-15-20-9-7-8-12-22(20)17-23/h2,5-9,12-17,19,21H,1,3-4,10-11,18H2,(H,28,31). The fraction of sp³-hybridized carbons (Fsp3) is 0.259. The lowest BCUT2D eigenvalue weighted by Crippen LogP contribution is -2.31. The summed E-state index contributed by atoms with van der Waals surface area (Å²) in [6.45, 7) is 0.490. The van der Waals surface area contributed by atoms with Crippen LogP contribution in [0.2, 0.25) is 0 Å². The van der Waals surface area contributed by atoms with Gasteiger partial charge in [0.15, 0.2) is 0 Å². The van der Waals surface area contributed by atoms with Crippen molar-refractivity contribution in [1.82, 2.24) is 15.1 Å². The lowest BCUT2D eigenvalue weighted by Gasteiger charge is -2.20. The summed E-state index contributed by atoms with van der Waals surface area (Å²) in [6.07, 6.45) is 7.62. The molecule has 31 heavy (non-hydrogen) atoms. The quantitative estimate of drug-likeness (QED) is 0.447. The Balaban J connectivity index is 1.47.